The van der Waals surface area contributed by atoms with Crippen molar-refractivity contribution in [2.24, 2.45) is 0 Å². The molecule has 218 valence electrons. The summed E-state index contributed by atoms with van der Waals surface area (Å²) in [5, 5.41) is 3.05. The molecule has 2 heterocycles. The van der Waals surface area contributed by atoms with Crippen LogP contribution >= 0.6 is 0 Å². The first-order valence-corrected chi connectivity index (χ1v) is 14.2. The standard InChI is InChI=1S/C33H35N3O6/c1-21-7-8-23-16-28(21)42-26-6-4-5-22(15-26)20-41-29-18-36(17-27(29)34-30(37)19-35(2)31(23)38)32(39)33(13-14-33)24-9-11-25(40-3)12-10-24/h4-12,15-16,27,29H,13-14,17-20H2,1-3H3,(H,34,37)/t27-,29-/m0/s1. The van der Waals surface area contributed by atoms with Gasteiger partial charge in [0.25, 0.3) is 5.91 Å². The van der Waals surface area contributed by atoms with E-state index >= 15 is 0 Å². The molecule has 0 radical (unpaired) electrons. The molecule has 1 aliphatic carbocycles. The number of methoxy groups -OCH3 is 1. The smallest absolute Gasteiger partial charge is 0.254 e. The van der Waals surface area contributed by atoms with Crippen molar-refractivity contribution in [3.63, 3.8) is 0 Å². The summed E-state index contributed by atoms with van der Waals surface area (Å²) in [6.45, 7) is 2.76. The van der Waals surface area contributed by atoms with Gasteiger partial charge in [-0.2, -0.15) is 0 Å². The van der Waals surface area contributed by atoms with Gasteiger partial charge < -0.3 is 29.3 Å². The second-order valence-electron chi connectivity index (χ2n) is 11.4. The van der Waals surface area contributed by atoms with Crippen molar-refractivity contribution in [2.45, 2.75) is 43.9 Å². The van der Waals surface area contributed by atoms with Gasteiger partial charge in [0.2, 0.25) is 11.8 Å². The Morgan fingerprint density at radius 3 is 2.55 bits per heavy atom. The minimum Gasteiger partial charge on any atom is -0.497 e. The topological polar surface area (TPSA) is 97.4 Å². The van der Waals surface area contributed by atoms with Gasteiger partial charge in [-0.05, 0) is 72.9 Å². The molecule has 3 aromatic rings. The summed E-state index contributed by atoms with van der Waals surface area (Å²) in [7, 11) is 3.22. The van der Waals surface area contributed by atoms with E-state index in [0.717, 1.165) is 35.3 Å². The number of rotatable bonds is 3. The van der Waals surface area contributed by atoms with Crippen molar-refractivity contribution in [3.05, 3.63) is 89.0 Å². The zero-order valence-corrected chi connectivity index (χ0v) is 24.1. The van der Waals surface area contributed by atoms with Gasteiger partial charge in [0.1, 0.15) is 17.2 Å². The van der Waals surface area contributed by atoms with Crippen molar-refractivity contribution in [2.75, 3.05) is 33.8 Å². The van der Waals surface area contributed by atoms with Crippen molar-refractivity contribution < 1.29 is 28.6 Å². The Balaban J connectivity index is 1.26. The van der Waals surface area contributed by atoms with Crippen LogP contribution < -0.4 is 14.8 Å². The second-order valence-corrected chi connectivity index (χ2v) is 11.4. The van der Waals surface area contributed by atoms with Crippen molar-refractivity contribution >= 4 is 17.7 Å². The van der Waals surface area contributed by atoms with Gasteiger partial charge >= 0.3 is 0 Å². The predicted molar refractivity (Wildman–Crippen MR) is 156 cm³/mol. The lowest BCUT2D eigenvalue weighted by atomic mass is 9.94. The summed E-state index contributed by atoms with van der Waals surface area (Å²) in [6, 6.07) is 20.1. The summed E-state index contributed by atoms with van der Waals surface area (Å²) in [4.78, 5) is 43.5. The number of benzene rings is 3. The second kappa shape index (κ2) is 11.1. The minimum atomic E-state index is -0.560. The van der Waals surface area contributed by atoms with Crippen LogP contribution in [-0.2, 0) is 26.3 Å². The van der Waals surface area contributed by atoms with E-state index in [1.807, 2.05) is 66.4 Å². The van der Waals surface area contributed by atoms with Crippen LogP contribution in [0.15, 0.2) is 66.7 Å². The fraction of sp³-hybridized carbons (Fsp3) is 0.364. The normalized spacial score (nSPS) is 21.7. The molecule has 2 fully saturated rings. The third kappa shape index (κ3) is 5.44. The Labute approximate surface area is 245 Å². The van der Waals surface area contributed by atoms with Crippen LogP contribution in [0.3, 0.4) is 0 Å². The molecular formula is C33H35N3O6. The first-order chi connectivity index (χ1) is 20.3. The van der Waals surface area contributed by atoms with Crippen molar-refractivity contribution in [1.29, 1.82) is 0 Å². The van der Waals surface area contributed by atoms with Crippen molar-refractivity contribution in [3.8, 4) is 17.2 Å². The highest BCUT2D eigenvalue weighted by Gasteiger charge is 2.54. The highest BCUT2D eigenvalue weighted by Crippen LogP contribution is 2.50. The lowest BCUT2D eigenvalue weighted by Crippen LogP contribution is -2.48. The van der Waals surface area contributed by atoms with Gasteiger partial charge in [-0.1, -0.05) is 30.3 Å². The molecule has 1 saturated heterocycles. The number of carbonyl (C=O) groups is 3. The molecule has 1 N–H and O–H groups in total. The maximum absolute atomic E-state index is 13.9. The van der Waals surface area contributed by atoms with Crippen LogP contribution in [0.1, 0.15) is 39.9 Å². The van der Waals surface area contributed by atoms with Gasteiger partial charge in [-0.3, -0.25) is 14.4 Å². The number of hydrogen-bond donors (Lipinski definition) is 1. The van der Waals surface area contributed by atoms with Crippen LogP contribution in [0.25, 0.3) is 0 Å². The van der Waals surface area contributed by atoms with Gasteiger partial charge in [0.05, 0.1) is 37.8 Å². The molecule has 0 spiro atoms. The van der Waals surface area contributed by atoms with Gasteiger partial charge in [0, 0.05) is 25.7 Å². The maximum atomic E-state index is 13.9. The number of ether oxygens (including phenoxy) is 3. The summed E-state index contributed by atoms with van der Waals surface area (Å²) in [6.07, 6.45) is 1.13. The number of fused-ring (bicyclic) bond motifs is 5. The Morgan fingerprint density at radius 2 is 1.81 bits per heavy atom. The van der Waals surface area contributed by atoms with E-state index in [1.54, 1.807) is 26.3 Å². The molecule has 9 nitrogen and oxygen atoms in total. The molecule has 9 heteroatoms. The number of likely N-dealkylation sites (N-methyl/N-ethyl adjacent to an activating group) is 1. The summed E-state index contributed by atoms with van der Waals surface area (Å²) < 4.78 is 17.8. The first kappa shape index (κ1) is 27.8. The maximum Gasteiger partial charge on any atom is 0.254 e. The largest absolute Gasteiger partial charge is 0.497 e. The lowest BCUT2D eigenvalue weighted by molar-refractivity contribution is -0.133. The third-order valence-corrected chi connectivity index (χ3v) is 8.45. The fourth-order valence-electron chi connectivity index (χ4n) is 5.84. The van der Waals surface area contributed by atoms with E-state index in [1.165, 1.54) is 4.90 Å². The summed E-state index contributed by atoms with van der Waals surface area (Å²) in [5.41, 5.74) is 2.63. The molecule has 2 aliphatic heterocycles. The molecule has 6 rings (SSSR count). The van der Waals surface area contributed by atoms with Gasteiger partial charge in [-0.25, -0.2) is 0 Å². The quantitative estimate of drug-likeness (QED) is 0.515. The fourth-order valence-corrected chi connectivity index (χ4v) is 5.84. The van der Waals surface area contributed by atoms with E-state index in [0.29, 0.717) is 30.2 Å². The molecule has 42 heavy (non-hydrogen) atoms. The van der Waals surface area contributed by atoms with Crippen LogP contribution in [-0.4, -0.2) is 73.5 Å². The van der Waals surface area contributed by atoms with Crippen LogP contribution in [0.5, 0.6) is 17.2 Å². The molecule has 4 bridgehead atoms. The molecular weight excluding hydrogens is 534 g/mol. The SMILES string of the molecule is COc1ccc(C2(C(=O)N3C[C@@H]4NC(=O)CN(C)C(=O)c5ccc(C)c(c5)Oc5cccc(c5)CO[C@H]4C3)CC2)cc1. The van der Waals surface area contributed by atoms with Crippen LogP contribution in [0, 0.1) is 6.92 Å². The number of hydrogen-bond acceptors (Lipinski definition) is 6. The van der Waals surface area contributed by atoms with Crippen LogP contribution in [0.4, 0.5) is 0 Å². The third-order valence-electron chi connectivity index (χ3n) is 8.45. The zero-order chi connectivity index (χ0) is 29.4. The Kier molecular flexibility index (Phi) is 7.36. The van der Waals surface area contributed by atoms with E-state index < -0.39 is 17.6 Å². The number of carbonyl (C=O) groups excluding carboxylic acids is 3. The molecule has 2 atom stereocenters. The average Bonchev–Trinajstić information content (AvgIpc) is 3.71. The zero-order valence-electron chi connectivity index (χ0n) is 24.1. The number of nitrogens with one attached hydrogen (secondary N) is 1. The Bertz CT molecular complexity index is 1520. The van der Waals surface area contributed by atoms with Crippen molar-refractivity contribution in [1.82, 2.24) is 15.1 Å². The first-order valence-electron chi connectivity index (χ1n) is 14.2. The number of nitrogens with zero attached hydrogens (tertiary/aromatic N) is 2. The van der Waals surface area contributed by atoms with E-state index in [-0.39, 0.29) is 30.9 Å². The lowest BCUT2D eigenvalue weighted by Gasteiger charge is -2.24. The summed E-state index contributed by atoms with van der Waals surface area (Å²) >= 11 is 0. The van der Waals surface area contributed by atoms with Gasteiger partial charge in [-0.15, -0.1) is 0 Å². The predicted octanol–water partition coefficient (Wildman–Crippen LogP) is 3.83. The van der Waals surface area contributed by atoms with Gasteiger partial charge in [0.15, 0.2) is 0 Å². The van der Waals surface area contributed by atoms with E-state index in [9.17, 15) is 14.4 Å². The molecule has 0 aromatic heterocycles. The molecule has 0 unspecified atom stereocenters. The molecule has 3 amide bonds. The monoisotopic (exact) mass is 569 g/mol. The van der Waals surface area contributed by atoms with Crippen LogP contribution in [0.2, 0.25) is 0 Å². The highest BCUT2D eigenvalue weighted by molar-refractivity contribution is 5.97. The minimum absolute atomic E-state index is 0.0428. The summed E-state index contributed by atoms with van der Waals surface area (Å²) in [5.74, 6) is 1.39. The Morgan fingerprint density at radius 1 is 1.02 bits per heavy atom. The van der Waals surface area contributed by atoms with E-state index in [4.69, 9.17) is 14.2 Å². The Hall–Kier alpha value is -4.37. The molecule has 3 aromatic carbocycles. The number of amides is 3. The molecule has 1 saturated carbocycles. The average molecular weight is 570 g/mol. The molecule has 3 aliphatic rings. The van der Waals surface area contributed by atoms with E-state index in [2.05, 4.69) is 5.32 Å². The number of likely N-dealkylation sites (tertiary alicyclic amines) is 1. The highest BCUT2D eigenvalue weighted by atomic mass is 16.5. The number of aryl methyl sites for hydroxylation is 1.